The Labute approximate surface area is 167 Å². The fraction of sp³-hybridized carbons (Fsp3) is 0.333. The highest BCUT2D eigenvalue weighted by Crippen LogP contribution is 2.24. The molecule has 3 aromatic rings. The fourth-order valence-electron chi connectivity index (χ4n) is 2.91. The molecule has 0 bridgehead atoms. The Morgan fingerprint density at radius 2 is 1.97 bits per heavy atom. The molecule has 3 rings (SSSR count). The van der Waals surface area contributed by atoms with Gasteiger partial charge in [-0.3, -0.25) is 0 Å². The maximum Gasteiger partial charge on any atom is 0.408 e. The first-order valence-electron chi connectivity index (χ1n) is 9.12. The minimum atomic E-state index is -0.683. The Hall–Kier alpha value is -3.16. The maximum atomic E-state index is 14.1. The quantitative estimate of drug-likeness (QED) is 0.650. The molecule has 0 saturated heterocycles. The molecule has 1 amide bonds. The molecule has 0 aliphatic heterocycles. The van der Waals surface area contributed by atoms with Crippen LogP contribution < -0.4 is 10.1 Å². The van der Waals surface area contributed by atoms with E-state index in [1.54, 1.807) is 32.9 Å². The Balaban J connectivity index is 1.91. The van der Waals surface area contributed by atoms with Gasteiger partial charge < -0.3 is 19.8 Å². The third-order valence-corrected chi connectivity index (χ3v) is 4.14. The van der Waals surface area contributed by atoms with E-state index in [1.807, 2.05) is 0 Å². The summed E-state index contributed by atoms with van der Waals surface area (Å²) in [4.78, 5) is 19.8. The van der Waals surface area contributed by atoms with E-state index in [4.69, 9.17) is 9.47 Å². The zero-order valence-corrected chi connectivity index (χ0v) is 16.7. The summed E-state index contributed by atoms with van der Waals surface area (Å²) < 4.78 is 37.9. The number of benzene rings is 2. The summed E-state index contributed by atoms with van der Waals surface area (Å²) in [6.45, 7) is 5.26. The normalized spacial score (nSPS) is 12.6. The Kier molecular flexibility index (Phi) is 5.72. The second-order valence-corrected chi connectivity index (χ2v) is 7.66. The summed E-state index contributed by atoms with van der Waals surface area (Å²) in [6, 6.07) is 8.09. The van der Waals surface area contributed by atoms with Crippen LogP contribution in [0.5, 0.6) is 5.75 Å². The molecular weight excluding hydrogens is 380 g/mol. The third-order valence-electron chi connectivity index (χ3n) is 4.14. The summed E-state index contributed by atoms with van der Waals surface area (Å²) >= 11 is 0. The van der Waals surface area contributed by atoms with Gasteiger partial charge in [-0.15, -0.1) is 0 Å². The minimum absolute atomic E-state index is 0.129. The van der Waals surface area contributed by atoms with Crippen LogP contribution in [-0.2, 0) is 11.2 Å². The molecule has 2 aromatic carbocycles. The van der Waals surface area contributed by atoms with E-state index in [0.29, 0.717) is 22.4 Å². The number of carbonyl (C=O) groups is 1. The third kappa shape index (κ3) is 5.22. The van der Waals surface area contributed by atoms with Gasteiger partial charge in [-0.05, 0) is 56.7 Å². The summed E-state index contributed by atoms with van der Waals surface area (Å²) in [6.07, 6.45) is -0.397. The van der Waals surface area contributed by atoms with Crippen molar-refractivity contribution in [1.29, 1.82) is 0 Å². The Morgan fingerprint density at radius 3 is 2.62 bits per heavy atom. The monoisotopic (exact) mass is 403 g/mol. The number of amides is 1. The number of nitrogens with one attached hydrogen (secondary N) is 2. The molecular formula is C21H23F2N3O3. The minimum Gasteiger partial charge on any atom is -0.494 e. The highest BCUT2D eigenvalue weighted by Gasteiger charge is 2.23. The van der Waals surface area contributed by atoms with Crippen molar-refractivity contribution in [2.45, 2.75) is 38.8 Å². The van der Waals surface area contributed by atoms with Gasteiger partial charge in [0.15, 0.2) is 11.6 Å². The number of alkyl carbamates (subject to hydrolysis) is 1. The first-order valence-corrected chi connectivity index (χ1v) is 9.12. The second kappa shape index (κ2) is 8.06. The first-order chi connectivity index (χ1) is 13.6. The zero-order valence-electron chi connectivity index (χ0n) is 16.7. The van der Waals surface area contributed by atoms with E-state index < -0.39 is 29.4 Å². The number of aromatic nitrogens is 2. The average molecular weight is 403 g/mol. The number of nitrogens with zero attached hydrogens (tertiary/aromatic N) is 1. The van der Waals surface area contributed by atoms with Crippen LogP contribution in [0.2, 0.25) is 0 Å². The molecule has 8 heteroatoms. The van der Waals surface area contributed by atoms with Crippen LogP contribution in [0.15, 0.2) is 36.4 Å². The van der Waals surface area contributed by atoms with Gasteiger partial charge in [-0.25, -0.2) is 18.6 Å². The predicted molar refractivity (Wildman–Crippen MR) is 105 cm³/mol. The maximum absolute atomic E-state index is 14.1. The van der Waals surface area contributed by atoms with Crippen LogP contribution in [0.4, 0.5) is 13.6 Å². The smallest absolute Gasteiger partial charge is 0.408 e. The lowest BCUT2D eigenvalue weighted by Crippen LogP contribution is -2.36. The van der Waals surface area contributed by atoms with Gasteiger partial charge in [0.2, 0.25) is 0 Å². The van der Waals surface area contributed by atoms with Gasteiger partial charge in [-0.2, -0.15) is 0 Å². The van der Waals surface area contributed by atoms with Crippen molar-refractivity contribution in [3.8, 4) is 5.75 Å². The van der Waals surface area contributed by atoms with Crippen molar-refractivity contribution < 1.29 is 23.0 Å². The van der Waals surface area contributed by atoms with Crippen molar-refractivity contribution in [1.82, 2.24) is 15.3 Å². The number of ether oxygens (including phenoxy) is 2. The van der Waals surface area contributed by atoms with Crippen LogP contribution in [0, 0.1) is 11.6 Å². The van der Waals surface area contributed by atoms with E-state index in [-0.39, 0.29) is 12.2 Å². The summed E-state index contributed by atoms with van der Waals surface area (Å²) in [7, 11) is 1.39. The van der Waals surface area contributed by atoms with Gasteiger partial charge in [0.25, 0.3) is 0 Å². The standard InChI is InChI=1S/C21H23F2N3O3/c1-21(2,3)29-20(27)26-17(10-12-5-8-18(28-4)14(23)9-12)19-24-15-7-6-13(22)11-16(15)25-19/h5-9,11,17H,10H2,1-4H3,(H,24,25)(H,26,27). The van der Waals surface area contributed by atoms with E-state index >= 15 is 0 Å². The van der Waals surface area contributed by atoms with E-state index in [0.717, 1.165) is 0 Å². The van der Waals surface area contributed by atoms with Crippen molar-refractivity contribution in [2.75, 3.05) is 7.11 Å². The number of methoxy groups -OCH3 is 1. The van der Waals surface area contributed by atoms with Gasteiger partial charge in [0.1, 0.15) is 17.2 Å². The highest BCUT2D eigenvalue weighted by molar-refractivity contribution is 5.75. The molecule has 0 saturated carbocycles. The molecule has 0 fully saturated rings. The van der Waals surface area contributed by atoms with E-state index in [1.165, 1.54) is 31.4 Å². The molecule has 6 nitrogen and oxygen atoms in total. The molecule has 1 atom stereocenters. The number of halogens is 2. The Morgan fingerprint density at radius 1 is 1.21 bits per heavy atom. The summed E-state index contributed by atoms with van der Waals surface area (Å²) in [5, 5.41) is 2.76. The summed E-state index contributed by atoms with van der Waals surface area (Å²) in [5.41, 5.74) is 0.990. The van der Waals surface area contributed by atoms with Gasteiger partial charge in [-0.1, -0.05) is 6.07 Å². The van der Waals surface area contributed by atoms with Gasteiger partial charge in [0, 0.05) is 6.42 Å². The van der Waals surface area contributed by atoms with E-state index in [9.17, 15) is 13.6 Å². The van der Waals surface area contributed by atoms with Crippen molar-refractivity contribution in [3.63, 3.8) is 0 Å². The van der Waals surface area contributed by atoms with Crippen molar-refractivity contribution >= 4 is 17.1 Å². The molecule has 0 radical (unpaired) electrons. The lowest BCUT2D eigenvalue weighted by molar-refractivity contribution is 0.0501. The largest absolute Gasteiger partial charge is 0.494 e. The van der Waals surface area contributed by atoms with Gasteiger partial charge >= 0.3 is 6.09 Å². The molecule has 1 aromatic heterocycles. The number of aromatic amines is 1. The first kappa shape index (κ1) is 20.6. The number of hydrogen-bond acceptors (Lipinski definition) is 4. The number of imidazole rings is 1. The van der Waals surface area contributed by atoms with Crippen LogP contribution in [0.3, 0.4) is 0 Å². The zero-order chi connectivity index (χ0) is 21.2. The summed E-state index contributed by atoms with van der Waals surface area (Å²) in [5.74, 6) is -0.369. The van der Waals surface area contributed by atoms with Crippen LogP contribution in [0.25, 0.3) is 11.0 Å². The Bertz CT molecular complexity index is 1030. The van der Waals surface area contributed by atoms with Crippen molar-refractivity contribution in [2.24, 2.45) is 0 Å². The van der Waals surface area contributed by atoms with Crippen LogP contribution in [0.1, 0.15) is 38.2 Å². The molecule has 29 heavy (non-hydrogen) atoms. The lowest BCUT2D eigenvalue weighted by Gasteiger charge is -2.23. The highest BCUT2D eigenvalue weighted by atomic mass is 19.1. The van der Waals surface area contributed by atoms with Crippen molar-refractivity contribution in [3.05, 3.63) is 59.4 Å². The number of H-pyrrole nitrogens is 1. The van der Waals surface area contributed by atoms with Gasteiger partial charge in [0.05, 0.1) is 24.2 Å². The predicted octanol–water partition coefficient (Wildman–Crippen LogP) is 4.66. The fourth-order valence-corrected chi connectivity index (χ4v) is 2.91. The van der Waals surface area contributed by atoms with E-state index in [2.05, 4.69) is 15.3 Å². The van der Waals surface area contributed by atoms with Crippen LogP contribution >= 0.6 is 0 Å². The lowest BCUT2D eigenvalue weighted by atomic mass is 10.0. The second-order valence-electron chi connectivity index (χ2n) is 7.66. The average Bonchev–Trinajstić information content (AvgIpc) is 3.03. The van der Waals surface area contributed by atoms with Crippen LogP contribution in [-0.4, -0.2) is 28.8 Å². The number of fused-ring (bicyclic) bond motifs is 1. The molecule has 0 spiro atoms. The molecule has 154 valence electrons. The molecule has 0 aliphatic rings. The molecule has 1 unspecified atom stereocenters. The number of rotatable bonds is 5. The molecule has 2 N–H and O–H groups in total. The SMILES string of the molecule is COc1ccc(CC(NC(=O)OC(C)(C)C)c2nc3ccc(F)cc3[nH]2)cc1F. The molecule has 0 aliphatic carbocycles. The number of hydrogen-bond donors (Lipinski definition) is 2. The topological polar surface area (TPSA) is 76.2 Å². The number of carbonyl (C=O) groups excluding carboxylic acids is 1. The molecule has 1 heterocycles.